The highest BCUT2D eigenvalue weighted by Gasteiger charge is 2.44. The van der Waals surface area contributed by atoms with Crippen LogP contribution in [0.25, 0.3) is 0 Å². The smallest absolute Gasteiger partial charge is 0.410 e. The molecule has 0 saturated carbocycles. The summed E-state index contributed by atoms with van der Waals surface area (Å²) in [5, 5.41) is 9.78. The Morgan fingerprint density at radius 3 is 2.38 bits per heavy atom. The lowest BCUT2D eigenvalue weighted by Gasteiger charge is -2.38. The second-order valence-corrected chi connectivity index (χ2v) is 8.64. The molecule has 0 bridgehead atoms. The molecule has 132 valence electrons. The average molecular weight is 351 g/mol. The van der Waals surface area contributed by atoms with Gasteiger partial charge in [-0.1, -0.05) is 17.7 Å². The van der Waals surface area contributed by atoms with Gasteiger partial charge in [0.2, 0.25) is 0 Å². The molecule has 1 amide bonds. The molecule has 1 aromatic carbocycles. The molecule has 0 atom stereocenters. The minimum atomic E-state index is -0.897. The van der Waals surface area contributed by atoms with Crippen molar-refractivity contribution in [3.63, 3.8) is 0 Å². The van der Waals surface area contributed by atoms with Crippen molar-refractivity contribution in [1.82, 2.24) is 4.90 Å². The Labute approximate surface area is 147 Å². The van der Waals surface area contributed by atoms with E-state index in [0.29, 0.717) is 25.9 Å². The van der Waals surface area contributed by atoms with Gasteiger partial charge in [0.25, 0.3) is 0 Å². The second-order valence-electron chi connectivity index (χ2n) is 7.19. The van der Waals surface area contributed by atoms with Gasteiger partial charge in [-0.25, -0.2) is 4.79 Å². The number of benzene rings is 1. The van der Waals surface area contributed by atoms with Crippen LogP contribution < -0.4 is 0 Å². The number of piperidine rings is 1. The van der Waals surface area contributed by atoms with E-state index < -0.39 is 16.3 Å². The number of aliphatic carboxylic acids is 1. The van der Waals surface area contributed by atoms with Crippen LogP contribution in [-0.2, 0) is 9.53 Å². The molecule has 1 aliphatic heterocycles. The number of ether oxygens (including phenoxy) is 1. The van der Waals surface area contributed by atoms with Crippen LogP contribution in [0.2, 0.25) is 0 Å². The number of likely N-dealkylation sites (tertiary alicyclic amines) is 1. The Morgan fingerprint density at radius 1 is 1.25 bits per heavy atom. The van der Waals surface area contributed by atoms with E-state index in [2.05, 4.69) is 0 Å². The first-order valence-electron chi connectivity index (χ1n) is 8.08. The van der Waals surface area contributed by atoms with Crippen molar-refractivity contribution < 1.29 is 19.4 Å². The van der Waals surface area contributed by atoms with Crippen molar-refractivity contribution in [2.24, 2.45) is 0 Å². The number of hydrogen-bond donors (Lipinski definition) is 1. The summed E-state index contributed by atoms with van der Waals surface area (Å²) in [6.45, 7) is 8.24. The summed E-state index contributed by atoms with van der Waals surface area (Å²) in [5.74, 6) is -0.821. The highest BCUT2D eigenvalue weighted by atomic mass is 32.2. The highest BCUT2D eigenvalue weighted by molar-refractivity contribution is 8.01. The predicted molar refractivity (Wildman–Crippen MR) is 94.4 cm³/mol. The van der Waals surface area contributed by atoms with Crippen LogP contribution >= 0.6 is 11.8 Å². The van der Waals surface area contributed by atoms with E-state index in [1.165, 1.54) is 11.8 Å². The van der Waals surface area contributed by atoms with Crippen molar-refractivity contribution in [2.45, 2.75) is 55.8 Å². The van der Waals surface area contributed by atoms with E-state index in [1.54, 1.807) is 4.90 Å². The molecule has 1 saturated heterocycles. The van der Waals surface area contributed by atoms with Gasteiger partial charge in [0.15, 0.2) is 0 Å². The lowest BCUT2D eigenvalue weighted by atomic mass is 9.96. The largest absolute Gasteiger partial charge is 0.480 e. The van der Waals surface area contributed by atoms with Crippen molar-refractivity contribution in [3.05, 3.63) is 29.8 Å². The number of rotatable bonds is 3. The molecule has 24 heavy (non-hydrogen) atoms. The van der Waals surface area contributed by atoms with E-state index >= 15 is 0 Å². The van der Waals surface area contributed by atoms with Crippen LogP contribution in [0.5, 0.6) is 0 Å². The third kappa shape index (κ3) is 4.66. The van der Waals surface area contributed by atoms with Gasteiger partial charge in [-0.2, -0.15) is 0 Å². The molecule has 1 fully saturated rings. The zero-order chi connectivity index (χ0) is 18.0. The molecule has 6 heteroatoms. The summed E-state index contributed by atoms with van der Waals surface area (Å²) in [4.78, 5) is 26.6. The molecule has 5 nitrogen and oxygen atoms in total. The molecule has 0 unspecified atom stereocenters. The van der Waals surface area contributed by atoms with Crippen molar-refractivity contribution in [3.8, 4) is 0 Å². The number of thioether (sulfide) groups is 1. The first-order chi connectivity index (χ1) is 11.1. The fourth-order valence-corrected chi connectivity index (χ4v) is 3.96. The molecule has 1 heterocycles. The van der Waals surface area contributed by atoms with E-state index in [-0.39, 0.29) is 6.09 Å². The normalized spacial score (nSPS) is 17.4. The fraction of sp³-hybridized carbons (Fsp3) is 0.556. The van der Waals surface area contributed by atoms with Gasteiger partial charge in [-0.15, -0.1) is 11.8 Å². The fourth-order valence-electron chi connectivity index (χ4n) is 2.64. The Bertz CT molecular complexity index is 616. The summed E-state index contributed by atoms with van der Waals surface area (Å²) in [5.41, 5.74) is 0.557. The van der Waals surface area contributed by atoms with Crippen molar-refractivity contribution in [2.75, 3.05) is 13.1 Å². The lowest BCUT2D eigenvalue weighted by Crippen LogP contribution is -2.50. The molecule has 1 N–H and O–H groups in total. The number of amides is 1. The molecule has 0 spiro atoms. The van der Waals surface area contributed by atoms with E-state index in [9.17, 15) is 14.7 Å². The van der Waals surface area contributed by atoms with Crippen LogP contribution in [-0.4, -0.2) is 45.5 Å². The van der Waals surface area contributed by atoms with Gasteiger partial charge in [0, 0.05) is 18.0 Å². The van der Waals surface area contributed by atoms with Gasteiger partial charge < -0.3 is 14.7 Å². The molecule has 2 rings (SSSR count). The van der Waals surface area contributed by atoms with Crippen LogP contribution in [0.3, 0.4) is 0 Å². The Kier molecular flexibility index (Phi) is 5.48. The minimum Gasteiger partial charge on any atom is -0.480 e. The van der Waals surface area contributed by atoms with E-state index in [1.807, 2.05) is 52.0 Å². The van der Waals surface area contributed by atoms with E-state index in [4.69, 9.17) is 4.74 Å². The maximum absolute atomic E-state index is 12.1. The predicted octanol–water partition coefficient (Wildman–Crippen LogP) is 3.94. The number of carbonyl (C=O) groups is 2. The Balaban J connectivity index is 2.06. The summed E-state index contributed by atoms with van der Waals surface area (Å²) in [6, 6.07) is 7.85. The third-order valence-corrected chi connectivity index (χ3v) is 5.38. The topological polar surface area (TPSA) is 66.8 Å². The SMILES string of the molecule is Cc1cccc(SC2(C(=O)O)CCN(C(=O)OC(C)(C)C)CC2)c1. The van der Waals surface area contributed by atoms with Gasteiger partial charge >= 0.3 is 12.1 Å². The van der Waals surface area contributed by atoms with Gasteiger partial charge in [0.05, 0.1) is 0 Å². The maximum Gasteiger partial charge on any atom is 0.410 e. The molecular weight excluding hydrogens is 326 g/mol. The maximum atomic E-state index is 12.1. The molecular formula is C18H25NO4S. The number of carboxylic acids is 1. The lowest BCUT2D eigenvalue weighted by molar-refractivity contribution is -0.141. The molecule has 0 aliphatic carbocycles. The van der Waals surface area contributed by atoms with Crippen LogP contribution in [0, 0.1) is 6.92 Å². The number of carboxylic acid groups (broad SMARTS) is 1. The molecule has 1 aliphatic rings. The first kappa shape index (κ1) is 18.6. The zero-order valence-electron chi connectivity index (χ0n) is 14.7. The Hall–Kier alpha value is -1.69. The second kappa shape index (κ2) is 7.05. The quantitative estimate of drug-likeness (QED) is 0.893. The standard InChI is InChI=1S/C18H25NO4S/c1-13-6-5-7-14(12-13)24-18(15(20)21)8-10-19(11-9-18)16(22)23-17(2,3)4/h5-7,12H,8-11H2,1-4H3,(H,20,21). The van der Waals surface area contributed by atoms with Crippen LogP contribution in [0.1, 0.15) is 39.2 Å². The van der Waals surface area contributed by atoms with Gasteiger partial charge in [-0.05, 0) is 52.7 Å². The minimum absolute atomic E-state index is 0.373. The summed E-state index contributed by atoms with van der Waals surface area (Å²) < 4.78 is 4.48. The zero-order valence-corrected chi connectivity index (χ0v) is 15.5. The van der Waals surface area contributed by atoms with Crippen LogP contribution in [0.4, 0.5) is 4.79 Å². The third-order valence-electron chi connectivity index (χ3n) is 3.92. The summed E-state index contributed by atoms with van der Waals surface area (Å²) >= 11 is 1.38. The monoisotopic (exact) mass is 351 g/mol. The summed E-state index contributed by atoms with van der Waals surface area (Å²) in [7, 11) is 0. The Morgan fingerprint density at radius 2 is 1.88 bits per heavy atom. The van der Waals surface area contributed by atoms with Crippen molar-refractivity contribution in [1.29, 1.82) is 0 Å². The number of aryl methyl sites for hydroxylation is 1. The average Bonchev–Trinajstić information content (AvgIpc) is 2.46. The number of nitrogens with zero attached hydrogens (tertiary/aromatic N) is 1. The highest BCUT2D eigenvalue weighted by Crippen LogP contribution is 2.41. The van der Waals surface area contributed by atoms with E-state index in [0.717, 1.165) is 10.5 Å². The van der Waals surface area contributed by atoms with Crippen LogP contribution in [0.15, 0.2) is 29.2 Å². The first-order valence-corrected chi connectivity index (χ1v) is 8.90. The van der Waals surface area contributed by atoms with Crippen molar-refractivity contribution >= 4 is 23.8 Å². The summed E-state index contributed by atoms with van der Waals surface area (Å²) in [6.07, 6.45) is 0.433. The molecule has 1 aromatic rings. The van der Waals surface area contributed by atoms with Gasteiger partial charge in [0.1, 0.15) is 10.3 Å². The van der Waals surface area contributed by atoms with Gasteiger partial charge in [-0.3, -0.25) is 4.79 Å². The molecule has 0 radical (unpaired) electrons. The number of hydrogen-bond acceptors (Lipinski definition) is 4. The molecule has 0 aromatic heterocycles. The number of carbonyl (C=O) groups excluding carboxylic acids is 1.